The monoisotopic (exact) mass is 244 g/mol. The van der Waals surface area contributed by atoms with E-state index in [4.69, 9.17) is 0 Å². The van der Waals surface area contributed by atoms with E-state index in [1.54, 1.807) is 0 Å². The van der Waals surface area contributed by atoms with E-state index in [0.29, 0.717) is 13.1 Å². The molecule has 96 valence electrons. The van der Waals surface area contributed by atoms with Gasteiger partial charge >= 0.3 is 0 Å². The first kappa shape index (κ1) is 12.7. The average molecular weight is 244 g/mol. The number of hydrogen-bond acceptors (Lipinski definition) is 2. The van der Waals surface area contributed by atoms with Gasteiger partial charge in [0.05, 0.1) is 6.54 Å². The van der Waals surface area contributed by atoms with E-state index >= 15 is 0 Å². The summed E-state index contributed by atoms with van der Waals surface area (Å²) < 4.78 is 0. The number of rotatable bonds is 2. The van der Waals surface area contributed by atoms with Gasteiger partial charge in [-0.2, -0.15) is 0 Å². The summed E-state index contributed by atoms with van der Waals surface area (Å²) in [7, 11) is 0. The molecule has 0 aromatic heterocycles. The molecule has 0 spiro atoms. The summed E-state index contributed by atoms with van der Waals surface area (Å²) in [5.74, 6) is 0.0607. The van der Waals surface area contributed by atoms with Crippen LogP contribution in [0.25, 0.3) is 0 Å². The van der Waals surface area contributed by atoms with E-state index < -0.39 is 0 Å². The van der Waals surface area contributed by atoms with Gasteiger partial charge in [-0.25, -0.2) is 0 Å². The highest BCUT2D eigenvalue weighted by molar-refractivity contribution is 5.80. The Bertz CT molecular complexity index is 443. The molecule has 0 fully saturated rings. The lowest BCUT2D eigenvalue weighted by Crippen LogP contribution is -2.34. The van der Waals surface area contributed by atoms with E-state index in [1.165, 1.54) is 11.1 Å². The molecule has 18 heavy (non-hydrogen) atoms. The maximum Gasteiger partial charge on any atom is 0.243 e. The minimum Gasteiger partial charge on any atom is -0.365 e. The molecule has 1 amide bonds. The van der Waals surface area contributed by atoms with Crippen molar-refractivity contribution in [3.63, 3.8) is 0 Å². The fraction of sp³-hybridized carbons (Fsp3) is 0.400. The summed E-state index contributed by atoms with van der Waals surface area (Å²) in [5.41, 5.74) is 3.60. The van der Waals surface area contributed by atoms with Crippen LogP contribution in [0.4, 0.5) is 0 Å². The molecule has 0 aromatic carbocycles. The topological polar surface area (TPSA) is 32.3 Å². The Kier molecular flexibility index (Phi) is 4.03. The van der Waals surface area contributed by atoms with E-state index in [2.05, 4.69) is 37.2 Å². The van der Waals surface area contributed by atoms with Crippen LogP contribution in [-0.4, -0.2) is 23.9 Å². The third kappa shape index (κ3) is 3.13. The Morgan fingerprint density at radius 1 is 1.56 bits per heavy atom. The van der Waals surface area contributed by atoms with Gasteiger partial charge in [0.15, 0.2) is 0 Å². The number of hydrogen-bond donors (Lipinski definition) is 1. The fourth-order valence-electron chi connectivity index (χ4n) is 2.40. The van der Waals surface area contributed by atoms with Crippen LogP contribution in [0.15, 0.2) is 47.9 Å². The number of carbonyl (C=O) groups excluding carboxylic acids is 1. The summed E-state index contributed by atoms with van der Waals surface area (Å²) in [6, 6.07) is 0. The Hall–Kier alpha value is -1.77. The van der Waals surface area contributed by atoms with Crippen LogP contribution < -0.4 is 5.32 Å². The zero-order chi connectivity index (χ0) is 13.0. The summed E-state index contributed by atoms with van der Waals surface area (Å²) in [6.07, 6.45) is 11.1. The normalized spacial score (nSPS) is 23.3. The lowest BCUT2D eigenvalue weighted by molar-refractivity contribution is -0.120. The molecule has 2 rings (SSSR count). The number of nitrogens with one attached hydrogen (secondary N) is 1. The molecule has 0 radical (unpaired) electrons. The lowest BCUT2D eigenvalue weighted by Gasteiger charge is -2.18. The van der Waals surface area contributed by atoms with Crippen LogP contribution in [0.2, 0.25) is 0 Å². The number of carbonyl (C=O) groups is 1. The Morgan fingerprint density at radius 2 is 2.39 bits per heavy atom. The second-order valence-corrected chi connectivity index (χ2v) is 4.86. The molecule has 1 heterocycles. The smallest absolute Gasteiger partial charge is 0.243 e. The van der Waals surface area contributed by atoms with Crippen molar-refractivity contribution in [2.75, 3.05) is 13.1 Å². The van der Waals surface area contributed by atoms with E-state index in [0.717, 1.165) is 25.0 Å². The van der Waals surface area contributed by atoms with E-state index in [9.17, 15) is 4.79 Å². The lowest BCUT2D eigenvalue weighted by atomic mass is 9.98. The van der Waals surface area contributed by atoms with Crippen molar-refractivity contribution in [3.8, 4) is 0 Å². The van der Waals surface area contributed by atoms with Gasteiger partial charge in [0, 0.05) is 12.2 Å². The third-order valence-corrected chi connectivity index (χ3v) is 3.14. The molecule has 0 saturated carbocycles. The molecule has 2 aliphatic rings. The first-order chi connectivity index (χ1) is 8.69. The van der Waals surface area contributed by atoms with Crippen LogP contribution in [0.1, 0.15) is 26.2 Å². The molecule has 0 bridgehead atoms. The van der Waals surface area contributed by atoms with Crippen molar-refractivity contribution in [2.24, 2.45) is 0 Å². The Morgan fingerprint density at radius 3 is 3.17 bits per heavy atom. The first-order valence-corrected chi connectivity index (χ1v) is 6.39. The molecular weight excluding hydrogens is 224 g/mol. The van der Waals surface area contributed by atoms with Crippen LogP contribution in [0, 0.1) is 0 Å². The number of nitrogens with zero attached hydrogens (tertiary/aromatic N) is 1. The minimum atomic E-state index is 0.0607. The third-order valence-electron chi connectivity index (χ3n) is 3.14. The van der Waals surface area contributed by atoms with Gasteiger partial charge in [-0.3, -0.25) is 4.79 Å². The highest BCUT2D eigenvalue weighted by atomic mass is 16.2. The number of amides is 1. The molecule has 0 unspecified atom stereocenters. The van der Waals surface area contributed by atoms with Crippen molar-refractivity contribution >= 4 is 5.91 Å². The summed E-state index contributed by atoms with van der Waals surface area (Å²) >= 11 is 0. The van der Waals surface area contributed by atoms with Crippen LogP contribution in [0.5, 0.6) is 0 Å². The maximum absolute atomic E-state index is 12.0. The van der Waals surface area contributed by atoms with Crippen LogP contribution in [0.3, 0.4) is 0 Å². The number of allylic oxidation sites excluding steroid dienone is 5. The van der Waals surface area contributed by atoms with Gasteiger partial charge < -0.3 is 10.2 Å². The first-order valence-electron chi connectivity index (χ1n) is 6.39. The van der Waals surface area contributed by atoms with Crippen molar-refractivity contribution in [2.45, 2.75) is 26.2 Å². The molecule has 3 nitrogen and oxygen atoms in total. The summed E-state index contributed by atoms with van der Waals surface area (Å²) in [6.45, 7) is 6.93. The SMILES string of the molecule is C=CCN1/C=C(/C)CC2=C(CCC=C2)NC(=O)C1. The fourth-order valence-corrected chi connectivity index (χ4v) is 2.40. The Balaban J connectivity index is 2.25. The predicted octanol–water partition coefficient (Wildman–Crippen LogP) is 2.50. The summed E-state index contributed by atoms with van der Waals surface area (Å²) in [5, 5.41) is 3.05. The van der Waals surface area contributed by atoms with E-state index in [-0.39, 0.29) is 5.91 Å². The maximum atomic E-state index is 12.0. The van der Waals surface area contributed by atoms with Gasteiger partial charge in [0.25, 0.3) is 0 Å². The Labute approximate surface area is 109 Å². The van der Waals surface area contributed by atoms with Gasteiger partial charge in [-0.1, -0.05) is 23.8 Å². The van der Waals surface area contributed by atoms with Gasteiger partial charge in [-0.05, 0) is 38.0 Å². The van der Waals surface area contributed by atoms with Crippen molar-refractivity contribution in [3.05, 3.63) is 47.9 Å². The molecule has 0 atom stereocenters. The van der Waals surface area contributed by atoms with Crippen LogP contribution in [-0.2, 0) is 4.79 Å². The molecule has 3 heteroatoms. The largest absolute Gasteiger partial charge is 0.365 e. The molecule has 1 aliphatic carbocycles. The van der Waals surface area contributed by atoms with Gasteiger partial charge in [0.2, 0.25) is 5.91 Å². The zero-order valence-electron chi connectivity index (χ0n) is 10.9. The summed E-state index contributed by atoms with van der Waals surface area (Å²) in [4.78, 5) is 14.0. The van der Waals surface area contributed by atoms with Gasteiger partial charge in [-0.15, -0.1) is 6.58 Å². The molecule has 1 N–H and O–H groups in total. The second kappa shape index (κ2) is 5.71. The average Bonchev–Trinajstić information content (AvgIpc) is 2.36. The molecular formula is C15H20N2O. The highest BCUT2D eigenvalue weighted by Gasteiger charge is 2.16. The quantitative estimate of drug-likeness (QED) is 0.757. The van der Waals surface area contributed by atoms with Crippen LogP contribution >= 0.6 is 0 Å². The molecule has 1 aliphatic heterocycles. The second-order valence-electron chi connectivity index (χ2n) is 4.86. The van der Waals surface area contributed by atoms with E-state index in [1.807, 2.05) is 11.0 Å². The van der Waals surface area contributed by atoms with Crippen molar-refractivity contribution in [1.29, 1.82) is 0 Å². The van der Waals surface area contributed by atoms with Crippen molar-refractivity contribution in [1.82, 2.24) is 10.2 Å². The van der Waals surface area contributed by atoms with Gasteiger partial charge in [0.1, 0.15) is 0 Å². The predicted molar refractivity (Wildman–Crippen MR) is 73.7 cm³/mol. The standard InChI is InChI=1S/C15H20N2O/c1-3-8-17-10-12(2)9-13-6-4-5-7-14(13)16-15(18)11-17/h3-4,6,10H,1,5,7-9,11H2,2H3,(H,16,18)/b12-10-. The molecule has 0 aromatic rings. The molecule has 0 saturated heterocycles. The zero-order valence-corrected chi connectivity index (χ0v) is 10.9. The van der Waals surface area contributed by atoms with Crippen molar-refractivity contribution < 1.29 is 4.79 Å². The highest BCUT2D eigenvalue weighted by Crippen LogP contribution is 2.23. The minimum absolute atomic E-state index is 0.0607.